The van der Waals surface area contributed by atoms with Crippen molar-refractivity contribution < 1.29 is 10.0 Å². The zero-order valence-corrected chi connectivity index (χ0v) is 18.9. The number of pyridine rings is 1. The number of rotatable bonds is 4. The van der Waals surface area contributed by atoms with Crippen LogP contribution >= 0.6 is 12.4 Å². The molecule has 2 aliphatic heterocycles. The number of hydrogen-bond acceptors (Lipinski definition) is 7. The van der Waals surface area contributed by atoms with Crippen molar-refractivity contribution in [2.24, 2.45) is 12.5 Å². The Labute approximate surface area is 192 Å². The summed E-state index contributed by atoms with van der Waals surface area (Å²) in [4.78, 5) is 29.3. The fourth-order valence-corrected chi connectivity index (χ4v) is 5.08. The Bertz CT molecular complexity index is 1090. The fourth-order valence-electron chi connectivity index (χ4n) is 5.08. The van der Waals surface area contributed by atoms with Crippen molar-refractivity contribution >= 4 is 35.3 Å². The number of aromatic nitrogens is 4. The van der Waals surface area contributed by atoms with E-state index < -0.39 is 5.91 Å². The van der Waals surface area contributed by atoms with Gasteiger partial charge in [0.1, 0.15) is 5.65 Å². The van der Waals surface area contributed by atoms with Crippen molar-refractivity contribution in [2.45, 2.75) is 25.8 Å². The molecule has 3 aromatic heterocycles. The molecule has 32 heavy (non-hydrogen) atoms. The first kappa shape index (κ1) is 22.4. The van der Waals surface area contributed by atoms with Crippen LogP contribution in [0.15, 0.2) is 36.9 Å². The van der Waals surface area contributed by atoms with Gasteiger partial charge in [-0.05, 0) is 48.9 Å². The molecule has 10 heteroatoms. The molecular weight excluding hydrogens is 430 g/mol. The molecule has 0 radical (unpaired) electrons. The first-order valence-electron chi connectivity index (χ1n) is 10.7. The third-order valence-electron chi connectivity index (χ3n) is 6.84. The van der Waals surface area contributed by atoms with E-state index in [0.29, 0.717) is 11.4 Å². The maximum absolute atomic E-state index is 11.4. The lowest BCUT2D eigenvalue weighted by Gasteiger charge is -2.39. The van der Waals surface area contributed by atoms with Gasteiger partial charge in [-0.15, -0.1) is 12.4 Å². The molecule has 0 aliphatic carbocycles. The van der Waals surface area contributed by atoms with Crippen LogP contribution in [0.1, 0.15) is 35.2 Å². The number of nitrogens with one attached hydrogen (secondary N) is 1. The Hall–Kier alpha value is -2.75. The standard InChI is InChI=1S/C22H27N7O2.ClH/c1-27-13-17(18-3-2-7-23-19(18)27)14-28-8-4-22(15-28)5-9-29(10-6-22)21-24-11-16(12-25-21)20(30)26-31;/h2-3,7,11-13,31H,4-6,8-10,14-15H2,1H3,(H,26,30);1H. The minimum absolute atomic E-state index is 0. The zero-order chi connectivity index (χ0) is 21.4. The van der Waals surface area contributed by atoms with Gasteiger partial charge in [-0.2, -0.15) is 0 Å². The molecule has 0 bridgehead atoms. The highest BCUT2D eigenvalue weighted by molar-refractivity contribution is 5.92. The lowest BCUT2D eigenvalue weighted by Crippen LogP contribution is -2.42. The van der Waals surface area contributed by atoms with Crippen LogP contribution in [-0.4, -0.2) is 61.7 Å². The van der Waals surface area contributed by atoms with Gasteiger partial charge in [0.15, 0.2) is 0 Å². The van der Waals surface area contributed by atoms with E-state index in [-0.39, 0.29) is 18.0 Å². The molecule has 2 fully saturated rings. The SMILES string of the molecule is Cl.Cn1cc(CN2CCC3(CCN(c4ncc(C(=O)NO)cn4)CC3)C2)c2cccnc21. The summed E-state index contributed by atoms with van der Waals surface area (Å²) >= 11 is 0. The number of piperidine rings is 1. The summed E-state index contributed by atoms with van der Waals surface area (Å²) < 4.78 is 2.12. The zero-order valence-electron chi connectivity index (χ0n) is 18.1. The normalized spacial score (nSPS) is 18.1. The molecule has 0 unspecified atom stereocenters. The second kappa shape index (κ2) is 9.01. The van der Waals surface area contributed by atoms with E-state index in [0.717, 1.165) is 51.2 Å². The molecule has 9 nitrogen and oxygen atoms in total. The van der Waals surface area contributed by atoms with Crippen molar-refractivity contribution in [3.8, 4) is 0 Å². The Morgan fingerprint density at radius 1 is 1.16 bits per heavy atom. The van der Waals surface area contributed by atoms with Gasteiger partial charge >= 0.3 is 0 Å². The van der Waals surface area contributed by atoms with Crippen LogP contribution in [0, 0.1) is 5.41 Å². The summed E-state index contributed by atoms with van der Waals surface area (Å²) in [5.41, 5.74) is 4.60. The summed E-state index contributed by atoms with van der Waals surface area (Å²) in [6, 6.07) is 4.18. The number of likely N-dealkylation sites (tertiary alicyclic amines) is 1. The summed E-state index contributed by atoms with van der Waals surface area (Å²) in [6.45, 7) is 5.03. The molecule has 1 spiro atoms. The predicted octanol–water partition coefficient (Wildman–Crippen LogP) is 2.40. The van der Waals surface area contributed by atoms with E-state index in [2.05, 4.69) is 48.6 Å². The van der Waals surface area contributed by atoms with Crippen LogP contribution in [0.3, 0.4) is 0 Å². The quantitative estimate of drug-likeness (QED) is 0.458. The Kier molecular flexibility index (Phi) is 6.32. The Morgan fingerprint density at radius 2 is 1.88 bits per heavy atom. The molecule has 1 amide bonds. The van der Waals surface area contributed by atoms with Crippen LogP contribution in [0.4, 0.5) is 5.95 Å². The van der Waals surface area contributed by atoms with Crippen LogP contribution < -0.4 is 10.4 Å². The largest absolute Gasteiger partial charge is 0.341 e. The van der Waals surface area contributed by atoms with Crippen molar-refractivity contribution in [3.05, 3.63) is 48.0 Å². The highest BCUT2D eigenvalue weighted by Gasteiger charge is 2.41. The topological polar surface area (TPSA) is 99.4 Å². The lowest BCUT2D eigenvalue weighted by atomic mass is 9.78. The number of hydroxylamine groups is 1. The van der Waals surface area contributed by atoms with Gasteiger partial charge < -0.3 is 9.47 Å². The van der Waals surface area contributed by atoms with Crippen LogP contribution in [0.25, 0.3) is 11.0 Å². The summed E-state index contributed by atoms with van der Waals surface area (Å²) in [7, 11) is 2.06. The van der Waals surface area contributed by atoms with Gasteiger partial charge in [-0.3, -0.25) is 14.9 Å². The average molecular weight is 458 g/mol. The average Bonchev–Trinajstić information content (AvgIpc) is 3.35. The third-order valence-corrected chi connectivity index (χ3v) is 6.84. The summed E-state index contributed by atoms with van der Waals surface area (Å²) in [5.74, 6) is 0.0413. The first-order chi connectivity index (χ1) is 15.1. The van der Waals surface area contributed by atoms with Crippen molar-refractivity contribution in [1.29, 1.82) is 0 Å². The number of hydrogen-bond donors (Lipinski definition) is 2. The number of carbonyl (C=O) groups excluding carboxylic acids is 1. The molecule has 2 aliphatic rings. The monoisotopic (exact) mass is 457 g/mol. The minimum atomic E-state index is -0.600. The molecule has 0 atom stereocenters. The van der Waals surface area contributed by atoms with E-state index in [1.807, 2.05) is 12.3 Å². The summed E-state index contributed by atoms with van der Waals surface area (Å²) in [5, 5.41) is 9.96. The lowest BCUT2D eigenvalue weighted by molar-refractivity contribution is 0.0705. The number of anilines is 1. The van der Waals surface area contributed by atoms with Gasteiger partial charge in [-0.25, -0.2) is 20.4 Å². The van der Waals surface area contributed by atoms with Crippen LogP contribution in [-0.2, 0) is 13.6 Å². The third kappa shape index (κ3) is 4.15. The number of carbonyl (C=O) groups is 1. The molecule has 3 aromatic rings. The van der Waals surface area contributed by atoms with Gasteiger partial charge in [0, 0.05) is 63.4 Å². The molecular formula is C22H28ClN7O2. The van der Waals surface area contributed by atoms with Gasteiger partial charge in [0.2, 0.25) is 5.95 Å². The summed E-state index contributed by atoms with van der Waals surface area (Å²) in [6.07, 6.45) is 10.4. The molecule has 0 saturated carbocycles. The number of nitrogens with zero attached hydrogens (tertiary/aromatic N) is 6. The van der Waals surface area contributed by atoms with Crippen LogP contribution in [0.2, 0.25) is 0 Å². The smallest absolute Gasteiger partial charge is 0.277 e. The van der Waals surface area contributed by atoms with Crippen molar-refractivity contribution in [3.63, 3.8) is 0 Å². The number of halogens is 1. The second-order valence-corrected chi connectivity index (χ2v) is 8.80. The van der Waals surface area contributed by atoms with E-state index in [1.165, 1.54) is 29.8 Å². The van der Waals surface area contributed by atoms with Gasteiger partial charge in [0.25, 0.3) is 5.91 Å². The van der Waals surface area contributed by atoms with E-state index in [4.69, 9.17) is 5.21 Å². The number of amides is 1. The van der Waals surface area contributed by atoms with Gasteiger partial charge in [-0.1, -0.05) is 0 Å². The highest BCUT2D eigenvalue weighted by Crippen LogP contribution is 2.41. The van der Waals surface area contributed by atoms with Crippen LogP contribution in [0.5, 0.6) is 0 Å². The highest BCUT2D eigenvalue weighted by atomic mass is 35.5. The van der Waals surface area contributed by atoms with E-state index >= 15 is 0 Å². The Balaban J connectivity index is 0.00000245. The molecule has 5 rings (SSSR count). The predicted molar refractivity (Wildman–Crippen MR) is 123 cm³/mol. The maximum atomic E-state index is 11.4. The molecule has 5 heterocycles. The molecule has 0 aromatic carbocycles. The molecule has 2 N–H and O–H groups in total. The van der Waals surface area contributed by atoms with E-state index in [9.17, 15) is 4.79 Å². The van der Waals surface area contributed by atoms with Gasteiger partial charge in [0.05, 0.1) is 5.56 Å². The number of fused-ring (bicyclic) bond motifs is 1. The van der Waals surface area contributed by atoms with E-state index in [1.54, 1.807) is 5.48 Å². The molecule has 170 valence electrons. The minimum Gasteiger partial charge on any atom is -0.341 e. The maximum Gasteiger partial charge on any atom is 0.277 e. The fraction of sp³-hybridized carbons (Fsp3) is 0.455. The second-order valence-electron chi connectivity index (χ2n) is 8.80. The van der Waals surface area contributed by atoms with Crippen molar-refractivity contribution in [2.75, 3.05) is 31.1 Å². The van der Waals surface area contributed by atoms with Crippen molar-refractivity contribution in [1.82, 2.24) is 29.9 Å². The Morgan fingerprint density at radius 3 is 2.59 bits per heavy atom. The first-order valence-corrected chi connectivity index (χ1v) is 10.7. The molecule has 2 saturated heterocycles. The number of aryl methyl sites for hydroxylation is 1.